The van der Waals surface area contributed by atoms with Crippen molar-refractivity contribution in [3.63, 3.8) is 0 Å². The second-order valence-electron chi connectivity index (χ2n) is 3.69. The summed E-state index contributed by atoms with van der Waals surface area (Å²) in [5, 5.41) is 13.4. The molecule has 2 rings (SSSR count). The number of hydrogen-bond acceptors (Lipinski definition) is 2. The predicted molar refractivity (Wildman–Crippen MR) is 67.5 cm³/mol. The average Bonchev–Trinajstić information content (AvgIpc) is 2.80. The van der Waals surface area contributed by atoms with Gasteiger partial charge in [0.05, 0.1) is 5.56 Å². The first-order valence-corrected chi connectivity index (χ1v) is 6.70. The number of hydrogen-bond donors (Lipinski definition) is 1. The third-order valence-corrected chi connectivity index (χ3v) is 3.67. The molecule has 0 spiro atoms. The van der Waals surface area contributed by atoms with Gasteiger partial charge >= 0.3 is 6.18 Å². The van der Waals surface area contributed by atoms with Crippen LogP contribution in [0.15, 0.2) is 39.5 Å². The van der Waals surface area contributed by atoms with Crippen molar-refractivity contribution >= 4 is 27.3 Å². The molecule has 0 aliphatic rings. The summed E-state index contributed by atoms with van der Waals surface area (Å²) in [4.78, 5) is 0. The Balaban J connectivity index is 2.51. The Kier molecular flexibility index (Phi) is 3.79. The van der Waals surface area contributed by atoms with E-state index in [9.17, 15) is 18.3 Å². The Morgan fingerprint density at radius 3 is 2.50 bits per heavy atom. The first-order chi connectivity index (χ1) is 8.39. The van der Waals surface area contributed by atoms with Gasteiger partial charge in [0.15, 0.2) is 0 Å². The zero-order chi connectivity index (χ0) is 13.3. The van der Waals surface area contributed by atoms with Crippen molar-refractivity contribution in [1.29, 1.82) is 0 Å². The van der Waals surface area contributed by atoms with Gasteiger partial charge in [0, 0.05) is 4.47 Å². The van der Waals surface area contributed by atoms with E-state index in [4.69, 9.17) is 0 Å². The lowest BCUT2D eigenvalue weighted by Crippen LogP contribution is -2.12. The van der Waals surface area contributed by atoms with Crippen LogP contribution in [0.3, 0.4) is 0 Å². The summed E-state index contributed by atoms with van der Waals surface area (Å²) >= 11 is 4.34. The number of aliphatic hydroxyl groups is 1. The summed E-state index contributed by atoms with van der Waals surface area (Å²) in [6, 6.07) is 5.36. The smallest absolute Gasteiger partial charge is 0.384 e. The number of aliphatic hydroxyl groups excluding tert-OH is 1. The van der Waals surface area contributed by atoms with E-state index in [0.29, 0.717) is 10.0 Å². The molecular weight excluding hydrogens is 329 g/mol. The van der Waals surface area contributed by atoms with Crippen molar-refractivity contribution in [1.82, 2.24) is 0 Å². The molecule has 0 amide bonds. The molecule has 1 nitrogen and oxygen atoms in total. The van der Waals surface area contributed by atoms with Crippen LogP contribution in [0.1, 0.15) is 22.8 Å². The molecule has 1 heterocycles. The summed E-state index contributed by atoms with van der Waals surface area (Å²) < 4.78 is 39.0. The van der Waals surface area contributed by atoms with Crippen molar-refractivity contribution in [2.24, 2.45) is 0 Å². The summed E-state index contributed by atoms with van der Waals surface area (Å²) in [7, 11) is 0. The zero-order valence-electron chi connectivity index (χ0n) is 8.91. The second-order valence-corrected chi connectivity index (χ2v) is 5.38. The van der Waals surface area contributed by atoms with Gasteiger partial charge in [-0.15, -0.1) is 0 Å². The Labute approximate surface area is 114 Å². The van der Waals surface area contributed by atoms with Gasteiger partial charge < -0.3 is 5.11 Å². The average molecular weight is 337 g/mol. The van der Waals surface area contributed by atoms with Gasteiger partial charge in [-0.3, -0.25) is 0 Å². The highest BCUT2D eigenvalue weighted by Gasteiger charge is 2.35. The Morgan fingerprint density at radius 1 is 1.22 bits per heavy atom. The molecule has 0 bridgehead atoms. The van der Waals surface area contributed by atoms with Gasteiger partial charge in [0.2, 0.25) is 0 Å². The Morgan fingerprint density at radius 2 is 1.94 bits per heavy atom. The van der Waals surface area contributed by atoms with Crippen LogP contribution in [0.4, 0.5) is 13.2 Å². The minimum absolute atomic E-state index is 0.135. The van der Waals surface area contributed by atoms with E-state index >= 15 is 0 Å². The van der Waals surface area contributed by atoms with Crippen LogP contribution in [0.25, 0.3) is 0 Å². The molecule has 0 aliphatic heterocycles. The molecule has 0 radical (unpaired) electrons. The van der Waals surface area contributed by atoms with Crippen LogP contribution in [-0.4, -0.2) is 5.11 Å². The fraction of sp³-hybridized carbons (Fsp3) is 0.167. The minimum Gasteiger partial charge on any atom is -0.384 e. The first-order valence-electron chi connectivity index (χ1n) is 4.96. The van der Waals surface area contributed by atoms with Crippen LogP contribution in [0.2, 0.25) is 0 Å². The van der Waals surface area contributed by atoms with Gasteiger partial charge in [-0.1, -0.05) is 22.0 Å². The van der Waals surface area contributed by atoms with Gasteiger partial charge in [0.1, 0.15) is 6.10 Å². The van der Waals surface area contributed by atoms with E-state index in [1.807, 2.05) is 0 Å². The third kappa shape index (κ3) is 2.76. The van der Waals surface area contributed by atoms with E-state index in [0.717, 1.165) is 6.07 Å². The summed E-state index contributed by atoms with van der Waals surface area (Å²) in [5.41, 5.74) is -0.493. The number of thiophene rings is 1. The maximum absolute atomic E-state index is 12.9. The normalized spacial score (nSPS) is 13.6. The molecule has 1 N–H and O–H groups in total. The van der Waals surface area contributed by atoms with E-state index < -0.39 is 17.8 Å². The minimum atomic E-state index is -4.49. The highest BCUT2D eigenvalue weighted by Crippen LogP contribution is 2.38. The van der Waals surface area contributed by atoms with E-state index in [-0.39, 0.29) is 5.56 Å². The van der Waals surface area contributed by atoms with Gasteiger partial charge in [0.25, 0.3) is 0 Å². The Hall–Kier alpha value is -0.850. The lowest BCUT2D eigenvalue weighted by molar-refractivity contribution is -0.139. The molecule has 1 aromatic carbocycles. The molecule has 0 saturated carbocycles. The van der Waals surface area contributed by atoms with Crippen molar-refractivity contribution in [3.05, 3.63) is 56.2 Å². The van der Waals surface area contributed by atoms with Crippen molar-refractivity contribution in [3.8, 4) is 0 Å². The van der Waals surface area contributed by atoms with Gasteiger partial charge in [-0.2, -0.15) is 24.5 Å². The van der Waals surface area contributed by atoms with Gasteiger partial charge in [-0.25, -0.2) is 0 Å². The standard InChI is InChI=1S/C12H8BrF3OS/c13-8-1-2-9(10(5-8)12(14,15)16)11(17)7-3-4-18-6-7/h1-6,11,17H. The summed E-state index contributed by atoms with van der Waals surface area (Å²) in [6.07, 6.45) is -5.75. The van der Waals surface area contributed by atoms with Crippen LogP contribution >= 0.6 is 27.3 Å². The van der Waals surface area contributed by atoms with E-state index in [1.165, 1.54) is 23.5 Å². The molecule has 0 aliphatic carbocycles. The molecular formula is C12H8BrF3OS. The molecule has 1 unspecified atom stereocenters. The summed E-state index contributed by atoms with van der Waals surface area (Å²) in [5.74, 6) is 0. The van der Waals surface area contributed by atoms with Crippen LogP contribution < -0.4 is 0 Å². The monoisotopic (exact) mass is 336 g/mol. The fourth-order valence-electron chi connectivity index (χ4n) is 1.62. The molecule has 0 fully saturated rings. The largest absolute Gasteiger partial charge is 0.416 e. The molecule has 0 saturated heterocycles. The van der Waals surface area contributed by atoms with Gasteiger partial charge in [-0.05, 0) is 40.1 Å². The maximum Gasteiger partial charge on any atom is 0.416 e. The molecule has 1 atom stereocenters. The number of alkyl halides is 3. The van der Waals surface area contributed by atoms with Crippen LogP contribution in [0, 0.1) is 0 Å². The van der Waals surface area contributed by atoms with Crippen LogP contribution in [-0.2, 0) is 6.18 Å². The predicted octanol–water partition coefficient (Wildman–Crippen LogP) is 4.61. The molecule has 2 aromatic rings. The zero-order valence-corrected chi connectivity index (χ0v) is 11.3. The highest BCUT2D eigenvalue weighted by atomic mass is 79.9. The number of halogens is 4. The van der Waals surface area contributed by atoms with Crippen molar-refractivity contribution in [2.45, 2.75) is 12.3 Å². The topological polar surface area (TPSA) is 20.2 Å². The molecule has 1 aromatic heterocycles. The first kappa shape index (κ1) is 13.6. The molecule has 18 heavy (non-hydrogen) atoms. The quantitative estimate of drug-likeness (QED) is 0.848. The molecule has 96 valence electrons. The summed E-state index contributed by atoms with van der Waals surface area (Å²) in [6.45, 7) is 0. The van der Waals surface area contributed by atoms with Crippen molar-refractivity contribution < 1.29 is 18.3 Å². The fourth-order valence-corrected chi connectivity index (χ4v) is 2.66. The third-order valence-electron chi connectivity index (χ3n) is 2.47. The van der Waals surface area contributed by atoms with E-state index in [2.05, 4.69) is 15.9 Å². The maximum atomic E-state index is 12.9. The molecule has 6 heteroatoms. The Bertz CT molecular complexity index is 537. The second kappa shape index (κ2) is 5.03. The number of benzene rings is 1. The highest BCUT2D eigenvalue weighted by molar-refractivity contribution is 9.10. The lowest BCUT2D eigenvalue weighted by Gasteiger charge is -2.17. The SMILES string of the molecule is OC(c1ccsc1)c1ccc(Br)cc1C(F)(F)F. The lowest BCUT2D eigenvalue weighted by atomic mass is 9.98. The number of rotatable bonds is 2. The van der Waals surface area contributed by atoms with E-state index in [1.54, 1.807) is 16.8 Å². The van der Waals surface area contributed by atoms with Crippen molar-refractivity contribution in [2.75, 3.05) is 0 Å². The van der Waals surface area contributed by atoms with Crippen LogP contribution in [0.5, 0.6) is 0 Å².